The molecular formula is C29H26Br2N4O3. The third-order valence-corrected chi connectivity index (χ3v) is 7.61. The van der Waals surface area contributed by atoms with Crippen LogP contribution in [0.3, 0.4) is 0 Å². The molecule has 1 aliphatic rings. The van der Waals surface area contributed by atoms with Gasteiger partial charge in [0.25, 0.3) is 11.5 Å². The number of nitrogens with zero attached hydrogens (tertiary/aromatic N) is 3. The second-order valence-electron chi connectivity index (χ2n) is 9.22. The molecule has 0 aliphatic heterocycles. The standard InChI is InChI=1S/C29H26Br2N4O3/c30-21-12-13-25-23(16-21)29(37)35(28(34-25)20-7-3-1-4-8-20)32-17-19-11-14-26(24(31)15-19)38-18-27(36)33-22-9-5-2-6-10-22/h2,5-6,9-17,20H,1,3-4,7-8,18H2,(H,33,36). The van der Waals surface area contributed by atoms with Crippen LogP contribution in [0.15, 0.2) is 85.6 Å². The number of ether oxygens (including phenoxy) is 1. The number of carbonyl (C=O) groups is 1. The monoisotopic (exact) mass is 636 g/mol. The number of para-hydroxylation sites is 1. The number of halogens is 2. The van der Waals surface area contributed by atoms with E-state index in [2.05, 4.69) is 42.3 Å². The number of fused-ring (bicyclic) bond motifs is 1. The Kier molecular flexibility index (Phi) is 8.34. The van der Waals surface area contributed by atoms with Gasteiger partial charge in [0.15, 0.2) is 6.61 Å². The lowest BCUT2D eigenvalue weighted by molar-refractivity contribution is -0.118. The van der Waals surface area contributed by atoms with Crippen molar-refractivity contribution < 1.29 is 9.53 Å². The SMILES string of the molecule is O=C(COc1ccc(C=Nn2c(C3CCCCC3)nc3ccc(Br)cc3c2=O)cc1Br)Nc1ccccc1. The number of amides is 1. The maximum absolute atomic E-state index is 13.5. The average molecular weight is 638 g/mol. The number of benzene rings is 3. The van der Waals surface area contributed by atoms with Gasteiger partial charge in [0, 0.05) is 16.1 Å². The van der Waals surface area contributed by atoms with Gasteiger partial charge >= 0.3 is 0 Å². The summed E-state index contributed by atoms with van der Waals surface area (Å²) < 4.78 is 8.64. The fourth-order valence-corrected chi connectivity index (χ4v) is 5.48. The summed E-state index contributed by atoms with van der Waals surface area (Å²) in [6.45, 7) is -0.126. The van der Waals surface area contributed by atoms with Crippen molar-refractivity contribution in [2.75, 3.05) is 11.9 Å². The van der Waals surface area contributed by atoms with Gasteiger partial charge in [-0.05, 0) is 82.9 Å². The first-order chi connectivity index (χ1) is 18.5. The number of carbonyl (C=O) groups excluding carboxylic acids is 1. The Morgan fingerprint density at radius 2 is 1.84 bits per heavy atom. The van der Waals surface area contributed by atoms with E-state index in [4.69, 9.17) is 9.72 Å². The van der Waals surface area contributed by atoms with Crippen molar-refractivity contribution in [1.82, 2.24) is 9.66 Å². The predicted molar refractivity (Wildman–Crippen MR) is 157 cm³/mol. The number of aromatic nitrogens is 2. The number of rotatable bonds is 7. The van der Waals surface area contributed by atoms with E-state index in [-0.39, 0.29) is 24.0 Å². The Hall–Kier alpha value is -3.30. The maximum atomic E-state index is 13.5. The van der Waals surface area contributed by atoms with Gasteiger partial charge in [-0.1, -0.05) is 53.4 Å². The number of anilines is 1. The van der Waals surface area contributed by atoms with Crippen LogP contribution in [-0.4, -0.2) is 28.4 Å². The van der Waals surface area contributed by atoms with E-state index in [1.807, 2.05) is 54.6 Å². The van der Waals surface area contributed by atoms with Crippen LogP contribution in [-0.2, 0) is 4.79 Å². The molecule has 0 unspecified atom stereocenters. The molecule has 0 radical (unpaired) electrons. The van der Waals surface area contributed by atoms with Crippen LogP contribution in [0.25, 0.3) is 10.9 Å². The first-order valence-electron chi connectivity index (χ1n) is 12.5. The van der Waals surface area contributed by atoms with Crippen LogP contribution < -0.4 is 15.6 Å². The number of nitrogens with one attached hydrogen (secondary N) is 1. The second-order valence-corrected chi connectivity index (χ2v) is 11.0. The summed E-state index contributed by atoms with van der Waals surface area (Å²) >= 11 is 6.98. The third-order valence-electron chi connectivity index (χ3n) is 6.50. The van der Waals surface area contributed by atoms with Gasteiger partial charge in [-0.15, -0.1) is 0 Å². The zero-order valence-electron chi connectivity index (χ0n) is 20.6. The molecule has 1 amide bonds. The molecule has 194 valence electrons. The second kappa shape index (κ2) is 12.0. The highest BCUT2D eigenvalue weighted by Crippen LogP contribution is 2.32. The van der Waals surface area contributed by atoms with Crippen LogP contribution in [0.2, 0.25) is 0 Å². The lowest BCUT2D eigenvalue weighted by Crippen LogP contribution is -2.25. The van der Waals surface area contributed by atoms with Crippen molar-refractivity contribution in [2.24, 2.45) is 5.10 Å². The molecule has 3 aromatic carbocycles. The minimum atomic E-state index is -0.251. The highest BCUT2D eigenvalue weighted by atomic mass is 79.9. The highest BCUT2D eigenvalue weighted by Gasteiger charge is 2.22. The summed E-state index contributed by atoms with van der Waals surface area (Å²) in [4.78, 5) is 30.6. The Labute approximate surface area is 237 Å². The van der Waals surface area contributed by atoms with E-state index in [0.717, 1.165) is 35.7 Å². The molecule has 0 atom stereocenters. The molecule has 1 aliphatic carbocycles. The Morgan fingerprint density at radius 3 is 2.61 bits per heavy atom. The van der Waals surface area contributed by atoms with Gasteiger partial charge in [-0.2, -0.15) is 9.78 Å². The quantitative estimate of drug-likeness (QED) is 0.224. The van der Waals surface area contributed by atoms with Crippen molar-refractivity contribution in [3.63, 3.8) is 0 Å². The Bertz CT molecular complexity index is 1550. The van der Waals surface area contributed by atoms with Gasteiger partial charge in [0.05, 0.1) is 21.6 Å². The molecule has 4 aromatic rings. The third kappa shape index (κ3) is 6.22. The van der Waals surface area contributed by atoms with Gasteiger partial charge in [0.2, 0.25) is 0 Å². The minimum absolute atomic E-state index is 0.126. The molecule has 1 heterocycles. The smallest absolute Gasteiger partial charge is 0.282 e. The first-order valence-corrected chi connectivity index (χ1v) is 14.1. The van der Waals surface area contributed by atoms with Gasteiger partial charge in [-0.3, -0.25) is 9.59 Å². The fraction of sp³-hybridized carbons (Fsp3) is 0.241. The molecule has 1 N–H and O–H groups in total. The topological polar surface area (TPSA) is 85.6 Å². The summed E-state index contributed by atoms with van der Waals surface area (Å²) in [5, 5.41) is 7.91. The zero-order valence-corrected chi connectivity index (χ0v) is 23.7. The van der Waals surface area contributed by atoms with Gasteiger partial charge in [0.1, 0.15) is 11.6 Å². The van der Waals surface area contributed by atoms with Crippen molar-refractivity contribution in [2.45, 2.75) is 38.0 Å². The maximum Gasteiger partial charge on any atom is 0.282 e. The van der Waals surface area contributed by atoms with Gasteiger partial charge in [-0.25, -0.2) is 4.98 Å². The van der Waals surface area contributed by atoms with E-state index in [1.165, 1.54) is 11.1 Å². The molecule has 0 saturated heterocycles. The molecule has 1 aromatic heterocycles. The van der Waals surface area contributed by atoms with Crippen molar-refractivity contribution in [3.8, 4) is 5.75 Å². The van der Waals surface area contributed by atoms with Crippen LogP contribution in [0.1, 0.15) is 49.4 Å². The molecular weight excluding hydrogens is 612 g/mol. The van der Waals surface area contributed by atoms with Crippen molar-refractivity contribution in [3.05, 3.63) is 97.4 Å². The van der Waals surface area contributed by atoms with E-state index in [0.29, 0.717) is 32.6 Å². The molecule has 1 fully saturated rings. The molecule has 1 saturated carbocycles. The van der Waals surface area contributed by atoms with Crippen LogP contribution in [0.4, 0.5) is 5.69 Å². The molecule has 0 spiro atoms. The first kappa shape index (κ1) is 26.3. The summed E-state index contributed by atoms with van der Waals surface area (Å²) in [6.07, 6.45) is 7.11. The van der Waals surface area contributed by atoms with Gasteiger partial charge < -0.3 is 10.1 Å². The van der Waals surface area contributed by atoms with Crippen molar-refractivity contribution >= 4 is 60.6 Å². The zero-order chi connectivity index (χ0) is 26.5. The van der Waals surface area contributed by atoms with Crippen LogP contribution >= 0.6 is 31.9 Å². The average Bonchev–Trinajstić information content (AvgIpc) is 2.93. The summed E-state index contributed by atoms with van der Waals surface area (Å²) in [5.74, 6) is 1.19. The lowest BCUT2D eigenvalue weighted by atomic mass is 9.88. The van der Waals surface area contributed by atoms with E-state index in [9.17, 15) is 9.59 Å². The molecule has 9 heteroatoms. The molecule has 7 nitrogen and oxygen atoms in total. The van der Waals surface area contributed by atoms with E-state index >= 15 is 0 Å². The summed E-state index contributed by atoms with van der Waals surface area (Å²) in [6, 6.07) is 20.2. The molecule has 0 bridgehead atoms. The Morgan fingerprint density at radius 1 is 1.05 bits per heavy atom. The summed E-state index contributed by atoms with van der Waals surface area (Å²) in [7, 11) is 0. The number of hydrogen-bond donors (Lipinski definition) is 1. The normalized spacial score (nSPS) is 14.2. The Balaban J connectivity index is 1.36. The summed E-state index contributed by atoms with van der Waals surface area (Å²) in [5.41, 5.74) is 1.99. The van der Waals surface area contributed by atoms with Crippen LogP contribution in [0, 0.1) is 0 Å². The minimum Gasteiger partial charge on any atom is -0.483 e. The molecule has 38 heavy (non-hydrogen) atoms. The largest absolute Gasteiger partial charge is 0.483 e. The highest BCUT2D eigenvalue weighted by molar-refractivity contribution is 9.10. The van der Waals surface area contributed by atoms with Crippen molar-refractivity contribution in [1.29, 1.82) is 0 Å². The van der Waals surface area contributed by atoms with E-state index in [1.54, 1.807) is 18.3 Å². The van der Waals surface area contributed by atoms with Crippen LogP contribution in [0.5, 0.6) is 5.75 Å². The molecule has 5 rings (SSSR count). The number of hydrogen-bond acceptors (Lipinski definition) is 5. The lowest BCUT2D eigenvalue weighted by Gasteiger charge is -2.22. The van der Waals surface area contributed by atoms with E-state index < -0.39 is 0 Å². The fourth-order valence-electron chi connectivity index (χ4n) is 4.60. The predicted octanol–water partition coefficient (Wildman–Crippen LogP) is 6.87.